The van der Waals surface area contributed by atoms with Crippen molar-refractivity contribution in [3.05, 3.63) is 66.5 Å². The van der Waals surface area contributed by atoms with Crippen LogP contribution in [0.15, 0.2) is 60.7 Å². The van der Waals surface area contributed by atoms with Crippen molar-refractivity contribution in [1.82, 2.24) is 0 Å². The Labute approximate surface area is 196 Å². The third kappa shape index (κ3) is 7.77. The van der Waals surface area contributed by atoms with Gasteiger partial charge in [0.15, 0.2) is 23.1 Å². The van der Waals surface area contributed by atoms with Crippen LogP contribution in [0.25, 0.3) is 11.1 Å². The number of halogens is 1. The van der Waals surface area contributed by atoms with E-state index in [4.69, 9.17) is 18.9 Å². The maximum absolute atomic E-state index is 14.5. The summed E-state index contributed by atoms with van der Waals surface area (Å²) >= 11 is 0. The smallest absolute Gasteiger partial charge is 0.338 e. The highest BCUT2D eigenvalue weighted by molar-refractivity contribution is 5.89. The van der Waals surface area contributed by atoms with E-state index in [1.165, 1.54) is 26.0 Å². The second kappa shape index (κ2) is 12.8. The van der Waals surface area contributed by atoms with E-state index in [9.17, 15) is 18.8 Å². The van der Waals surface area contributed by atoms with Crippen LogP contribution in [0, 0.1) is 5.82 Å². The molecule has 0 saturated heterocycles. The lowest BCUT2D eigenvalue weighted by Crippen LogP contribution is -2.13. The molecule has 0 unspecified atom stereocenters. The van der Waals surface area contributed by atoms with Crippen molar-refractivity contribution in [2.75, 3.05) is 26.4 Å². The molecule has 0 amide bonds. The van der Waals surface area contributed by atoms with Gasteiger partial charge in [0.05, 0.1) is 0 Å². The molecule has 0 radical (unpaired) electrons. The monoisotopic (exact) mass is 472 g/mol. The molecule has 0 aliphatic heterocycles. The largest absolute Gasteiger partial charge is 0.486 e. The van der Waals surface area contributed by atoms with Crippen molar-refractivity contribution in [1.29, 1.82) is 0 Å². The predicted octanol–water partition coefficient (Wildman–Crippen LogP) is 4.02. The standard InChI is InChI=1S/C25H25FO8/c1-16(2)24(28)33-12-11-32-23-14-19(6-8-22(23)31-10-9-30-15-27)18-5-7-21(20(26)13-18)34-25(29)17(3)4/h5-8,13-15H,1,3,9-12H2,2,4H3. The van der Waals surface area contributed by atoms with Crippen molar-refractivity contribution < 1.29 is 42.5 Å². The Morgan fingerprint density at radius 2 is 1.41 bits per heavy atom. The van der Waals surface area contributed by atoms with Crippen LogP contribution in [-0.4, -0.2) is 44.8 Å². The number of carbonyl (C=O) groups excluding carboxylic acids is 3. The summed E-state index contributed by atoms with van der Waals surface area (Å²) in [7, 11) is 0. The molecule has 0 spiro atoms. The van der Waals surface area contributed by atoms with Crippen LogP contribution >= 0.6 is 0 Å². The number of ether oxygens (including phenoxy) is 5. The first-order valence-electron chi connectivity index (χ1n) is 10.2. The quantitative estimate of drug-likeness (QED) is 0.142. The molecule has 8 nitrogen and oxygen atoms in total. The molecular weight excluding hydrogens is 447 g/mol. The second-order valence-electron chi connectivity index (χ2n) is 7.06. The van der Waals surface area contributed by atoms with Crippen LogP contribution in [0.5, 0.6) is 17.2 Å². The average Bonchev–Trinajstić information content (AvgIpc) is 2.81. The molecule has 2 aromatic carbocycles. The van der Waals surface area contributed by atoms with Crippen LogP contribution in [0.4, 0.5) is 4.39 Å². The van der Waals surface area contributed by atoms with Gasteiger partial charge in [-0.2, -0.15) is 0 Å². The molecule has 2 aromatic rings. The molecule has 9 heteroatoms. The Kier molecular flexibility index (Phi) is 9.82. The first kappa shape index (κ1) is 26.1. The van der Waals surface area contributed by atoms with Gasteiger partial charge in [-0.25, -0.2) is 14.0 Å². The van der Waals surface area contributed by atoms with Crippen molar-refractivity contribution in [3.8, 4) is 28.4 Å². The fourth-order valence-electron chi connectivity index (χ4n) is 2.53. The molecule has 34 heavy (non-hydrogen) atoms. The second-order valence-corrected chi connectivity index (χ2v) is 7.06. The van der Waals surface area contributed by atoms with Crippen molar-refractivity contribution in [2.24, 2.45) is 0 Å². The number of hydrogen-bond donors (Lipinski definition) is 0. The molecule has 0 atom stereocenters. The van der Waals surface area contributed by atoms with E-state index >= 15 is 0 Å². The fourth-order valence-corrected chi connectivity index (χ4v) is 2.53. The topological polar surface area (TPSA) is 97.4 Å². The number of benzene rings is 2. The first-order valence-corrected chi connectivity index (χ1v) is 10.2. The summed E-state index contributed by atoms with van der Waals surface area (Å²) in [4.78, 5) is 33.5. The predicted molar refractivity (Wildman–Crippen MR) is 121 cm³/mol. The lowest BCUT2D eigenvalue weighted by Gasteiger charge is -2.15. The van der Waals surface area contributed by atoms with E-state index in [0.717, 1.165) is 0 Å². The Bertz CT molecular complexity index is 1080. The summed E-state index contributed by atoms with van der Waals surface area (Å²) in [6.07, 6.45) is 0. The van der Waals surface area contributed by atoms with Crippen molar-refractivity contribution in [2.45, 2.75) is 13.8 Å². The molecule has 0 aliphatic carbocycles. The van der Waals surface area contributed by atoms with Crippen LogP contribution in [0.3, 0.4) is 0 Å². The van der Waals surface area contributed by atoms with Crippen LogP contribution < -0.4 is 14.2 Å². The molecule has 180 valence electrons. The Balaban J connectivity index is 2.21. The van der Waals surface area contributed by atoms with Gasteiger partial charge < -0.3 is 23.7 Å². The van der Waals surface area contributed by atoms with Gasteiger partial charge in [0.1, 0.15) is 26.4 Å². The van der Waals surface area contributed by atoms with Gasteiger partial charge >= 0.3 is 11.9 Å². The van der Waals surface area contributed by atoms with E-state index in [-0.39, 0.29) is 43.3 Å². The molecule has 0 aromatic heterocycles. The zero-order chi connectivity index (χ0) is 25.1. The van der Waals surface area contributed by atoms with Gasteiger partial charge in [0.25, 0.3) is 6.47 Å². The molecule has 0 saturated carbocycles. The summed E-state index contributed by atoms with van der Waals surface area (Å²) in [5, 5.41) is 0. The minimum Gasteiger partial charge on any atom is -0.486 e. The van der Waals surface area contributed by atoms with Crippen molar-refractivity contribution in [3.63, 3.8) is 0 Å². The van der Waals surface area contributed by atoms with Crippen LogP contribution in [-0.2, 0) is 23.9 Å². The third-order valence-electron chi connectivity index (χ3n) is 4.21. The Morgan fingerprint density at radius 3 is 2.03 bits per heavy atom. The summed E-state index contributed by atoms with van der Waals surface area (Å²) < 4.78 is 40.4. The Hall–Kier alpha value is -4.14. The lowest BCUT2D eigenvalue weighted by molar-refractivity contribution is -0.139. The maximum atomic E-state index is 14.5. The molecule has 0 aliphatic rings. The third-order valence-corrected chi connectivity index (χ3v) is 4.21. The van der Waals surface area contributed by atoms with E-state index in [0.29, 0.717) is 29.1 Å². The summed E-state index contributed by atoms with van der Waals surface area (Å²) in [6, 6.07) is 9.04. The fraction of sp³-hybridized carbons (Fsp3) is 0.240. The minimum absolute atomic E-state index is 0.0217. The van der Waals surface area contributed by atoms with E-state index in [1.54, 1.807) is 24.3 Å². The van der Waals surface area contributed by atoms with Gasteiger partial charge in [-0.3, -0.25) is 4.79 Å². The lowest BCUT2D eigenvalue weighted by atomic mass is 10.0. The molecular formula is C25H25FO8. The van der Waals surface area contributed by atoms with Gasteiger partial charge in [-0.1, -0.05) is 25.3 Å². The summed E-state index contributed by atoms with van der Waals surface area (Å²) in [6.45, 7) is 10.4. The summed E-state index contributed by atoms with van der Waals surface area (Å²) in [5.74, 6) is -1.57. The summed E-state index contributed by atoms with van der Waals surface area (Å²) in [5.41, 5.74) is 1.48. The van der Waals surface area contributed by atoms with Crippen LogP contribution in [0.2, 0.25) is 0 Å². The minimum atomic E-state index is -0.729. The van der Waals surface area contributed by atoms with E-state index in [2.05, 4.69) is 17.9 Å². The first-order chi connectivity index (χ1) is 16.2. The highest BCUT2D eigenvalue weighted by atomic mass is 19.1. The van der Waals surface area contributed by atoms with Gasteiger partial charge in [0.2, 0.25) is 0 Å². The number of rotatable bonds is 13. The molecule has 0 heterocycles. The molecule has 0 N–H and O–H groups in total. The number of hydrogen-bond acceptors (Lipinski definition) is 8. The van der Waals surface area contributed by atoms with Gasteiger partial charge in [-0.05, 0) is 49.2 Å². The molecule has 2 rings (SSSR count). The van der Waals surface area contributed by atoms with E-state index in [1.807, 2.05) is 0 Å². The van der Waals surface area contributed by atoms with Crippen molar-refractivity contribution >= 4 is 18.4 Å². The van der Waals surface area contributed by atoms with Gasteiger partial charge in [-0.15, -0.1) is 0 Å². The number of esters is 2. The Morgan fingerprint density at radius 1 is 0.824 bits per heavy atom. The molecule has 0 fully saturated rings. The SMILES string of the molecule is C=C(C)C(=O)OCCOc1cc(-c2ccc(OC(=O)C(=C)C)c(F)c2)ccc1OCCOC=O. The molecule has 0 bridgehead atoms. The average molecular weight is 472 g/mol. The van der Waals surface area contributed by atoms with Gasteiger partial charge in [0, 0.05) is 11.1 Å². The number of carbonyl (C=O) groups is 3. The van der Waals surface area contributed by atoms with E-state index < -0.39 is 17.8 Å². The van der Waals surface area contributed by atoms with Crippen LogP contribution in [0.1, 0.15) is 13.8 Å². The zero-order valence-electron chi connectivity index (χ0n) is 18.9. The highest BCUT2D eigenvalue weighted by Crippen LogP contribution is 2.34. The highest BCUT2D eigenvalue weighted by Gasteiger charge is 2.14. The normalized spacial score (nSPS) is 10.1. The zero-order valence-corrected chi connectivity index (χ0v) is 18.9. The maximum Gasteiger partial charge on any atom is 0.338 e.